The van der Waals surface area contributed by atoms with E-state index in [1.165, 1.54) is 6.07 Å². The van der Waals surface area contributed by atoms with E-state index in [4.69, 9.17) is 10.4 Å². The van der Waals surface area contributed by atoms with Gasteiger partial charge in [-0.2, -0.15) is 18.4 Å². The van der Waals surface area contributed by atoms with Crippen LogP contribution in [-0.2, 0) is 6.61 Å². The maximum atomic E-state index is 13.2. The van der Waals surface area contributed by atoms with Crippen LogP contribution in [0, 0.1) is 17.1 Å². The van der Waals surface area contributed by atoms with Crippen LogP contribution >= 0.6 is 0 Å². The molecule has 0 unspecified atom stereocenters. The molecule has 3 nitrogen and oxygen atoms in total. The highest BCUT2D eigenvalue weighted by Crippen LogP contribution is 2.25. The third-order valence-corrected chi connectivity index (χ3v) is 1.80. The summed E-state index contributed by atoms with van der Waals surface area (Å²) >= 11 is 0. The van der Waals surface area contributed by atoms with Crippen molar-refractivity contribution in [1.29, 1.82) is 5.26 Å². The fraction of sp³-hybridized carbons (Fsp3) is 0.300. The highest BCUT2D eigenvalue weighted by Gasteiger charge is 2.29. The van der Waals surface area contributed by atoms with Crippen LogP contribution in [0.1, 0.15) is 11.1 Å². The Morgan fingerprint density at radius 3 is 2.47 bits per heavy atom. The first-order valence-corrected chi connectivity index (χ1v) is 4.40. The lowest BCUT2D eigenvalue weighted by Crippen LogP contribution is -2.19. The van der Waals surface area contributed by atoms with Crippen LogP contribution < -0.4 is 4.74 Å². The zero-order chi connectivity index (χ0) is 13.1. The van der Waals surface area contributed by atoms with Crippen LogP contribution in [0.25, 0.3) is 0 Å². The van der Waals surface area contributed by atoms with Gasteiger partial charge in [0.25, 0.3) is 0 Å². The van der Waals surface area contributed by atoms with Gasteiger partial charge in [-0.3, -0.25) is 0 Å². The molecule has 0 bridgehead atoms. The molecule has 0 radical (unpaired) electrons. The molecule has 0 atom stereocenters. The summed E-state index contributed by atoms with van der Waals surface area (Å²) in [5.41, 5.74) is -0.592. The number of aliphatic hydroxyl groups excluding tert-OH is 1. The van der Waals surface area contributed by atoms with Gasteiger partial charge in [-0.1, -0.05) is 0 Å². The molecule has 0 amide bonds. The number of aliphatic hydroxyl groups is 1. The first kappa shape index (κ1) is 13.3. The zero-order valence-corrected chi connectivity index (χ0v) is 8.38. The van der Waals surface area contributed by atoms with Crippen LogP contribution in [0.3, 0.4) is 0 Å². The fourth-order valence-corrected chi connectivity index (χ4v) is 1.11. The average molecular weight is 249 g/mol. The molecule has 0 spiro atoms. The summed E-state index contributed by atoms with van der Waals surface area (Å²) in [7, 11) is 0. The van der Waals surface area contributed by atoms with Crippen molar-refractivity contribution in [2.45, 2.75) is 12.8 Å². The van der Waals surface area contributed by atoms with Gasteiger partial charge >= 0.3 is 6.18 Å². The minimum absolute atomic E-state index is 0.0266. The predicted molar refractivity (Wildman–Crippen MR) is 48.6 cm³/mol. The summed E-state index contributed by atoms with van der Waals surface area (Å²) in [5, 5.41) is 17.3. The maximum Gasteiger partial charge on any atom is 0.422 e. The number of benzene rings is 1. The molecular formula is C10H7F4NO2. The second kappa shape index (κ2) is 5.01. The van der Waals surface area contributed by atoms with Gasteiger partial charge < -0.3 is 9.84 Å². The smallest absolute Gasteiger partial charge is 0.422 e. The molecule has 0 aromatic heterocycles. The van der Waals surface area contributed by atoms with E-state index in [0.29, 0.717) is 0 Å². The van der Waals surface area contributed by atoms with Crippen molar-refractivity contribution in [3.8, 4) is 11.8 Å². The highest BCUT2D eigenvalue weighted by atomic mass is 19.4. The van der Waals surface area contributed by atoms with E-state index in [0.717, 1.165) is 12.1 Å². The van der Waals surface area contributed by atoms with E-state index < -0.39 is 36.5 Å². The molecule has 7 heteroatoms. The number of rotatable bonds is 3. The number of ether oxygens (including phenoxy) is 1. The predicted octanol–water partition coefficient (Wildman–Crippen LogP) is 2.13. The fourth-order valence-electron chi connectivity index (χ4n) is 1.11. The largest absolute Gasteiger partial charge is 0.483 e. The number of hydrogen-bond donors (Lipinski definition) is 1. The molecule has 0 aliphatic rings. The van der Waals surface area contributed by atoms with Gasteiger partial charge in [-0.05, 0) is 17.7 Å². The minimum atomic E-state index is -4.58. The maximum absolute atomic E-state index is 13.2. The van der Waals surface area contributed by atoms with Gasteiger partial charge in [-0.15, -0.1) is 0 Å². The summed E-state index contributed by atoms with van der Waals surface area (Å²) in [6.07, 6.45) is -4.58. The third-order valence-electron chi connectivity index (χ3n) is 1.80. The van der Waals surface area contributed by atoms with Crippen LogP contribution in [-0.4, -0.2) is 17.9 Å². The highest BCUT2D eigenvalue weighted by molar-refractivity contribution is 5.46. The normalized spacial score (nSPS) is 11.1. The van der Waals surface area contributed by atoms with E-state index >= 15 is 0 Å². The number of nitrogens with zero attached hydrogens (tertiary/aromatic N) is 1. The molecule has 0 aliphatic carbocycles. The lowest BCUT2D eigenvalue weighted by atomic mass is 10.1. The summed E-state index contributed by atoms with van der Waals surface area (Å²) in [6.45, 7) is -2.19. The zero-order valence-electron chi connectivity index (χ0n) is 8.38. The van der Waals surface area contributed by atoms with Gasteiger partial charge in [0.2, 0.25) is 0 Å². The van der Waals surface area contributed by atoms with Crippen LogP contribution in [0.4, 0.5) is 17.6 Å². The summed E-state index contributed by atoms with van der Waals surface area (Å²) < 4.78 is 53.3. The van der Waals surface area contributed by atoms with Crippen LogP contribution in [0.5, 0.6) is 5.75 Å². The van der Waals surface area contributed by atoms with Crippen LogP contribution in [0.2, 0.25) is 0 Å². The lowest BCUT2D eigenvalue weighted by Gasteiger charge is -2.11. The Balaban J connectivity index is 3.04. The van der Waals surface area contributed by atoms with Crippen molar-refractivity contribution in [3.05, 3.63) is 29.1 Å². The SMILES string of the molecule is N#Cc1c(F)cc(CO)cc1OCC(F)(F)F. The molecule has 0 heterocycles. The van der Waals surface area contributed by atoms with Gasteiger partial charge in [0.05, 0.1) is 6.61 Å². The molecule has 0 saturated carbocycles. The molecule has 0 saturated heterocycles. The Bertz CT molecular complexity index is 451. The number of alkyl halides is 3. The first-order chi connectivity index (χ1) is 7.87. The first-order valence-electron chi connectivity index (χ1n) is 4.40. The van der Waals surface area contributed by atoms with Crippen molar-refractivity contribution < 1.29 is 27.4 Å². The molecule has 1 rings (SSSR count). The van der Waals surface area contributed by atoms with Gasteiger partial charge in [0.1, 0.15) is 23.2 Å². The van der Waals surface area contributed by atoms with Crippen molar-refractivity contribution in [1.82, 2.24) is 0 Å². The second-order valence-electron chi connectivity index (χ2n) is 3.12. The van der Waals surface area contributed by atoms with Crippen molar-refractivity contribution in [3.63, 3.8) is 0 Å². The van der Waals surface area contributed by atoms with Crippen LogP contribution in [0.15, 0.2) is 12.1 Å². The topological polar surface area (TPSA) is 53.2 Å². The molecule has 1 aromatic rings. The molecule has 0 fully saturated rings. The van der Waals surface area contributed by atoms with E-state index in [1.807, 2.05) is 0 Å². The van der Waals surface area contributed by atoms with Crippen molar-refractivity contribution in [2.24, 2.45) is 0 Å². The quantitative estimate of drug-likeness (QED) is 0.835. The van der Waals surface area contributed by atoms with Gasteiger partial charge in [0, 0.05) is 0 Å². The molecule has 92 valence electrons. The molecular weight excluding hydrogens is 242 g/mol. The van der Waals surface area contributed by atoms with Gasteiger partial charge in [-0.25, -0.2) is 4.39 Å². The van der Waals surface area contributed by atoms with E-state index in [2.05, 4.69) is 4.74 Å². The van der Waals surface area contributed by atoms with E-state index in [-0.39, 0.29) is 5.56 Å². The monoisotopic (exact) mass is 249 g/mol. The Labute approximate surface area is 93.9 Å². The minimum Gasteiger partial charge on any atom is -0.483 e. The number of nitriles is 1. The Morgan fingerprint density at radius 1 is 1.35 bits per heavy atom. The molecule has 1 N–H and O–H groups in total. The summed E-state index contributed by atoms with van der Waals surface area (Å²) in [6, 6.07) is 3.26. The number of halogens is 4. The van der Waals surface area contributed by atoms with Crippen molar-refractivity contribution >= 4 is 0 Å². The van der Waals surface area contributed by atoms with Crippen molar-refractivity contribution in [2.75, 3.05) is 6.61 Å². The Kier molecular flexibility index (Phi) is 3.91. The van der Waals surface area contributed by atoms with Gasteiger partial charge in [0.15, 0.2) is 6.61 Å². The average Bonchev–Trinajstić information content (AvgIpc) is 2.24. The Morgan fingerprint density at radius 2 is 2.00 bits per heavy atom. The summed E-state index contributed by atoms with van der Waals surface area (Å²) in [5.74, 6) is -1.56. The van der Waals surface area contributed by atoms with E-state index in [9.17, 15) is 17.6 Å². The molecule has 17 heavy (non-hydrogen) atoms. The second-order valence-corrected chi connectivity index (χ2v) is 3.12. The Hall–Kier alpha value is -1.81. The summed E-state index contributed by atoms with van der Waals surface area (Å²) in [4.78, 5) is 0. The third kappa shape index (κ3) is 3.60. The lowest BCUT2D eigenvalue weighted by molar-refractivity contribution is -0.153. The number of hydrogen-bond acceptors (Lipinski definition) is 3. The standard InChI is InChI=1S/C10H7F4NO2/c11-8-1-6(4-16)2-9(7(8)3-15)17-5-10(12,13)14/h1-2,16H,4-5H2. The van der Waals surface area contributed by atoms with E-state index in [1.54, 1.807) is 0 Å². The molecule has 0 aliphatic heterocycles. The molecule has 1 aromatic carbocycles.